The first-order valence-electron chi connectivity index (χ1n) is 5.75. The molecular formula is C13H16FNO. The van der Waals surface area contributed by atoms with Crippen LogP contribution < -0.4 is 4.90 Å². The molecule has 86 valence electrons. The molecule has 0 N–H and O–H groups in total. The van der Waals surface area contributed by atoms with Crippen molar-refractivity contribution in [2.45, 2.75) is 19.8 Å². The second-order valence-electron chi connectivity index (χ2n) is 4.30. The molecule has 1 aliphatic heterocycles. The summed E-state index contributed by atoms with van der Waals surface area (Å²) < 4.78 is 13.7. The normalized spacial score (nSPS) is 20.1. The maximum atomic E-state index is 13.7. The zero-order valence-corrected chi connectivity index (χ0v) is 9.45. The van der Waals surface area contributed by atoms with E-state index in [0.717, 1.165) is 32.2 Å². The molecule has 1 aromatic rings. The third kappa shape index (κ3) is 1.94. The number of anilines is 1. The molecule has 1 unspecified atom stereocenters. The van der Waals surface area contributed by atoms with Gasteiger partial charge in [-0.25, -0.2) is 4.39 Å². The van der Waals surface area contributed by atoms with Gasteiger partial charge < -0.3 is 4.90 Å². The predicted octanol–water partition coefficient (Wildman–Crippen LogP) is 2.87. The molecule has 1 fully saturated rings. The molecule has 0 bridgehead atoms. The largest absolute Gasteiger partial charge is 0.368 e. The second-order valence-corrected chi connectivity index (χ2v) is 4.30. The van der Waals surface area contributed by atoms with Crippen molar-refractivity contribution >= 4 is 12.0 Å². The zero-order chi connectivity index (χ0) is 11.5. The highest BCUT2D eigenvalue weighted by atomic mass is 19.1. The van der Waals surface area contributed by atoms with E-state index >= 15 is 0 Å². The SMILES string of the molecule is CCC1CCN(c2c(F)cccc2C=O)C1. The molecule has 16 heavy (non-hydrogen) atoms. The summed E-state index contributed by atoms with van der Waals surface area (Å²) in [5.74, 6) is 0.334. The van der Waals surface area contributed by atoms with Crippen molar-refractivity contribution in [1.29, 1.82) is 0 Å². The summed E-state index contributed by atoms with van der Waals surface area (Å²) in [7, 11) is 0. The fourth-order valence-electron chi connectivity index (χ4n) is 2.33. The Kier molecular flexibility index (Phi) is 3.22. The highest BCUT2D eigenvalue weighted by Gasteiger charge is 2.24. The van der Waals surface area contributed by atoms with E-state index in [4.69, 9.17) is 0 Å². The van der Waals surface area contributed by atoms with Crippen LogP contribution in [0.1, 0.15) is 30.1 Å². The minimum atomic E-state index is -0.290. The maximum Gasteiger partial charge on any atom is 0.152 e. The van der Waals surface area contributed by atoms with E-state index < -0.39 is 0 Å². The van der Waals surface area contributed by atoms with E-state index in [1.54, 1.807) is 12.1 Å². The lowest BCUT2D eigenvalue weighted by Gasteiger charge is -2.20. The highest BCUT2D eigenvalue weighted by Crippen LogP contribution is 2.29. The Morgan fingerprint density at radius 3 is 3.00 bits per heavy atom. The van der Waals surface area contributed by atoms with Gasteiger partial charge in [0.2, 0.25) is 0 Å². The number of aldehydes is 1. The Morgan fingerprint density at radius 2 is 2.38 bits per heavy atom. The second kappa shape index (κ2) is 4.64. The van der Waals surface area contributed by atoms with E-state index in [2.05, 4.69) is 6.92 Å². The van der Waals surface area contributed by atoms with Gasteiger partial charge in [-0.2, -0.15) is 0 Å². The monoisotopic (exact) mass is 221 g/mol. The van der Waals surface area contributed by atoms with Gasteiger partial charge >= 0.3 is 0 Å². The Hall–Kier alpha value is -1.38. The summed E-state index contributed by atoms with van der Waals surface area (Å²) in [6.45, 7) is 3.86. The molecule has 1 heterocycles. The minimum Gasteiger partial charge on any atom is -0.368 e. The van der Waals surface area contributed by atoms with Crippen molar-refractivity contribution in [3.63, 3.8) is 0 Å². The first kappa shape index (κ1) is 11.1. The van der Waals surface area contributed by atoms with Crippen LogP contribution in [-0.4, -0.2) is 19.4 Å². The fourth-order valence-corrected chi connectivity index (χ4v) is 2.33. The third-order valence-electron chi connectivity index (χ3n) is 3.32. The Morgan fingerprint density at radius 1 is 1.56 bits per heavy atom. The van der Waals surface area contributed by atoms with Gasteiger partial charge in [0.25, 0.3) is 0 Å². The molecule has 0 aromatic heterocycles. The lowest BCUT2D eigenvalue weighted by Crippen LogP contribution is -2.22. The van der Waals surface area contributed by atoms with Crippen molar-refractivity contribution in [2.24, 2.45) is 5.92 Å². The fraction of sp³-hybridized carbons (Fsp3) is 0.462. The van der Waals surface area contributed by atoms with Crippen LogP contribution in [0.5, 0.6) is 0 Å². The summed E-state index contributed by atoms with van der Waals surface area (Å²) in [5.41, 5.74) is 0.935. The standard InChI is InChI=1S/C13H16FNO/c1-2-10-6-7-15(8-10)13-11(9-16)4-3-5-12(13)14/h3-5,9-10H,2,6-8H2,1H3. The molecule has 0 aliphatic carbocycles. The summed E-state index contributed by atoms with van der Waals surface area (Å²) in [6.07, 6.45) is 2.93. The number of carbonyl (C=O) groups excluding carboxylic acids is 1. The van der Waals surface area contributed by atoms with Crippen LogP contribution in [0.3, 0.4) is 0 Å². The minimum absolute atomic E-state index is 0.290. The first-order chi connectivity index (χ1) is 7.76. The molecule has 2 rings (SSSR count). The first-order valence-corrected chi connectivity index (χ1v) is 5.75. The topological polar surface area (TPSA) is 20.3 Å². The van der Waals surface area contributed by atoms with Crippen LogP contribution in [0.2, 0.25) is 0 Å². The van der Waals surface area contributed by atoms with E-state index in [1.165, 1.54) is 6.07 Å². The molecule has 0 saturated carbocycles. The highest BCUT2D eigenvalue weighted by molar-refractivity contribution is 5.84. The quantitative estimate of drug-likeness (QED) is 0.731. The van der Waals surface area contributed by atoms with Crippen molar-refractivity contribution in [3.05, 3.63) is 29.6 Å². The van der Waals surface area contributed by atoms with Crippen LogP contribution in [0, 0.1) is 11.7 Å². The number of benzene rings is 1. The van der Waals surface area contributed by atoms with Gasteiger partial charge in [-0.1, -0.05) is 19.4 Å². The molecule has 3 heteroatoms. The molecule has 0 radical (unpaired) electrons. The number of para-hydroxylation sites is 1. The number of carbonyl (C=O) groups is 1. The number of halogens is 1. The lowest BCUT2D eigenvalue weighted by molar-refractivity contribution is 0.112. The number of hydrogen-bond donors (Lipinski definition) is 0. The van der Waals surface area contributed by atoms with Crippen LogP contribution >= 0.6 is 0 Å². The van der Waals surface area contributed by atoms with E-state index in [0.29, 0.717) is 17.2 Å². The van der Waals surface area contributed by atoms with Crippen molar-refractivity contribution < 1.29 is 9.18 Å². The molecule has 0 spiro atoms. The van der Waals surface area contributed by atoms with E-state index in [9.17, 15) is 9.18 Å². The molecule has 1 aliphatic rings. The molecule has 1 atom stereocenters. The van der Waals surface area contributed by atoms with Gasteiger partial charge in [0.05, 0.1) is 5.69 Å². The lowest BCUT2D eigenvalue weighted by atomic mass is 10.1. The van der Waals surface area contributed by atoms with Gasteiger partial charge in [-0.05, 0) is 24.5 Å². The van der Waals surface area contributed by atoms with Crippen molar-refractivity contribution in [2.75, 3.05) is 18.0 Å². The van der Waals surface area contributed by atoms with Gasteiger partial charge in [0.15, 0.2) is 6.29 Å². The predicted molar refractivity (Wildman–Crippen MR) is 62.4 cm³/mol. The average molecular weight is 221 g/mol. The van der Waals surface area contributed by atoms with Crippen LogP contribution in [0.25, 0.3) is 0 Å². The molecular weight excluding hydrogens is 205 g/mol. The number of nitrogens with zero attached hydrogens (tertiary/aromatic N) is 1. The summed E-state index contributed by atoms with van der Waals surface area (Å²) in [4.78, 5) is 12.9. The zero-order valence-electron chi connectivity index (χ0n) is 9.45. The van der Waals surface area contributed by atoms with Gasteiger partial charge in [-0.3, -0.25) is 4.79 Å². The Balaban J connectivity index is 2.30. The maximum absolute atomic E-state index is 13.7. The van der Waals surface area contributed by atoms with Crippen LogP contribution in [-0.2, 0) is 0 Å². The number of rotatable bonds is 3. The Labute approximate surface area is 95.1 Å². The molecule has 0 amide bonds. The summed E-state index contributed by atoms with van der Waals surface area (Å²) in [6, 6.07) is 4.67. The molecule has 1 saturated heterocycles. The average Bonchev–Trinajstić information content (AvgIpc) is 2.76. The van der Waals surface area contributed by atoms with Gasteiger partial charge in [0, 0.05) is 18.7 Å². The van der Waals surface area contributed by atoms with Gasteiger partial charge in [-0.15, -0.1) is 0 Å². The van der Waals surface area contributed by atoms with Crippen LogP contribution in [0.15, 0.2) is 18.2 Å². The summed E-state index contributed by atoms with van der Waals surface area (Å²) >= 11 is 0. The smallest absolute Gasteiger partial charge is 0.152 e. The van der Waals surface area contributed by atoms with Crippen molar-refractivity contribution in [3.8, 4) is 0 Å². The molecule has 2 nitrogen and oxygen atoms in total. The van der Waals surface area contributed by atoms with E-state index in [-0.39, 0.29) is 5.82 Å². The van der Waals surface area contributed by atoms with Gasteiger partial charge in [0.1, 0.15) is 5.82 Å². The number of hydrogen-bond acceptors (Lipinski definition) is 2. The summed E-state index contributed by atoms with van der Waals surface area (Å²) in [5, 5.41) is 0. The van der Waals surface area contributed by atoms with Crippen molar-refractivity contribution in [1.82, 2.24) is 0 Å². The third-order valence-corrected chi connectivity index (χ3v) is 3.32. The van der Waals surface area contributed by atoms with Crippen LogP contribution in [0.4, 0.5) is 10.1 Å². The molecule has 1 aromatic carbocycles. The van der Waals surface area contributed by atoms with E-state index in [1.807, 2.05) is 4.90 Å². The Bertz CT molecular complexity index is 392.